The van der Waals surface area contributed by atoms with E-state index < -0.39 is 0 Å². The van der Waals surface area contributed by atoms with Crippen LogP contribution in [-0.4, -0.2) is 27.3 Å². The lowest BCUT2D eigenvalue weighted by Crippen LogP contribution is -2.24. The lowest BCUT2D eigenvalue weighted by molar-refractivity contribution is 0.254. The van der Waals surface area contributed by atoms with E-state index in [0.29, 0.717) is 17.2 Å². The molecule has 0 aliphatic heterocycles. The van der Waals surface area contributed by atoms with Crippen molar-refractivity contribution in [2.24, 2.45) is 0 Å². The van der Waals surface area contributed by atoms with Gasteiger partial charge in [0, 0.05) is 18.8 Å². The SMILES string of the molecule is CNC(=O)Nc1ccc(OC)c(OC)c1. The molecular formula is C10H14N2O3. The molecule has 0 bridgehead atoms. The van der Waals surface area contributed by atoms with E-state index >= 15 is 0 Å². The van der Waals surface area contributed by atoms with Crippen LogP contribution in [0.2, 0.25) is 0 Å². The third kappa shape index (κ3) is 2.77. The molecule has 5 nitrogen and oxygen atoms in total. The Kier molecular flexibility index (Phi) is 3.79. The lowest BCUT2D eigenvalue weighted by atomic mass is 10.3. The highest BCUT2D eigenvalue weighted by Gasteiger charge is 2.05. The highest BCUT2D eigenvalue weighted by atomic mass is 16.5. The summed E-state index contributed by atoms with van der Waals surface area (Å²) in [4.78, 5) is 11.0. The Morgan fingerprint density at radius 2 is 1.87 bits per heavy atom. The zero-order valence-electron chi connectivity index (χ0n) is 8.96. The fourth-order valence-corrected chi connectivity index (χ4v) is 1.11. The molecule has 15 heavy (non-hydrogen) atoms. The predicted molar refractivity (Wildman–Crippen MR) is 57.6 cm³/mol. The van der Waals surface area contributed by atoms with Crippen LogP contribution in [0.4, 0.5) is 10.5 Å². The van der Waals surface area contributed by atoms with Gasteiger partial charge in [-0.25, -0.2) is 4.79 Å². The number of nitrogens with one attached hydrogen (secondary N) is 2. The molecule has 0 aromatic heterocycles. The number of benzene rings is 1. The van der Waals surface area contributed by atoms with Gasteiger partial charge in [0.1, 0.15) is 0 Å². The van der Waals surface area contributed by atoms with Gasteiger partial charge in [0.2, 0.25) is 0 Å². The average Bonchev–Trinajstić information content (AvgIpc) is 2.28. The van der Waals surface area contributed by atoms with Crippen LogP contribution in [0.3, 0.4) is 0 Å². The van der Waals surface area contributed by atoms with Crippen LogP contribution in [0, 0.1) is 0 Å². The van der Waals surface area contributed by atoms with Gasteiger partial charge < -0.3 is 20.1 Å². The average molecular weight is 210 g/mol. The second-order valence-electron chi connectivity index (χ2n) is 2.77. The van der Waals surface area contributed by atoms with Gasteiger partial charge in [0.25, 0.3) is 0 Å². The van der Waals surface area contributed by atoms with Crippen LogP contribution in [0.5, 0.6) is 11.5 Å². The monoisotopic (exact) mass is 210 g/mol. The molecule has 0 saturated heterocycles. The summed E-state index contributed by atoms with van der Waals surface area (Å²) >= 11 is 0. The fourth-order valence-electron chi connectivity index (χ4n) is 1.11. The molecular weight excluding hydrogens is 196 g/mol. The molecule has 0 saturated carbocycles. The van der Waals surface area contributed by atoms with E-state index in [4.69, 9.17) is 9.47 Å². The largest absolute Gasteiger partial charge is 0.493 e. The summed E-state index contributed by atoms with van der Waals surface area (Å²) < 4.78 is 10.2. The van der Waals surface area contributed by atoms with Crippen LogP contribution in [-0.2, 0) is 0 Å². The maximum atomic E-state index is 11.0. The molecule has 0 atom stereocenters. The fraction of sp³-hybridized carbons (Fsp3) is 0.300. The minimum atomic E-state index is -0.276. The molecule has 0 radical (unpaired) electrons. The molecule has 0 spiro atoms. The molecule has 0 fully saturated rings. The number of rotatable bonds is 3. The van der Waals surface area contributed by atoms with Crippen molar-refractivity contribution in [2.45, 2.75) is 0 Å². The van der Waals surface area contributed by atoms with Gasteiger partial charge in [-0.2, -0.15) is 0 Å². The van der Waals surface area contributed by atoms with Gasteiger partial charge in [0.05, 0.1) is 14.2 Å². The molecule has 0 heterocycles. The Morgan fingerprint density at radius 3 is 2.40 bits per heavy atom. The molecule has 1 aromatic rings. The topological polar surface area (TPSA) is 59.6 Å². The number of methoxy groups -OCH3 is 2. The van der Waals surface area contributed by atoms with Crippen molar-refractivity contribution in [3.05, 3.63) is 18.2 Å². The quantitative estimate of drug-likeness (QED) is 0.793. The van der Waals surface area contributed by atoms with Crippen LogP contribution < -0.4 is 20.1 Å². The molecule has 1 rings (SSSR count). The van der Waals surface area contributed by atoms with Crippen molar-refractivity contribution in [1.29, 1.82) is 0 Å². The van der Waals surface area contributed by atoms with Crippen LogP contribution in [0.25, 0.3) is 0 Å². The summed E-state index contributed by atoms with van der Waals surface area (Å²) in [6.45, 7) is 0. The van der Waals surface area contributed by atoms with Crippen molar-refractivity contribution < 1.29 is 14.3 Å². The van der Waals surface area contributed by atoms with Crippen LogP contribution in [0.1, 0.15) is 0 Å². The van der Waals surface area contributed by atoms with Crippen LogP contribution >= 0.6 is 0 Å². The number of hydrogen-bond acceptors (Lipinski definition) is 3. The second kappa shape index (κ2) is 5.09. The highest BCUT2D eigenvalue weighted by molar-refractivity contribution is 5.89. The Labute approximate surface area is 88.4 Å². The molecule has 0 aliphatic carbocycles. The van der Waals surface area contributed by atoms with Gasteiger partial charge in [0.15, 0.2) is 11.5 Å². The van der Waals surface area contributed by atoms with E-state index in [1.54, 1.807) is 39.5 Å². The first-order chi connectivity index (χ1) is 7.21. The summed E-state index contributed by atoms with van der Waals surface area (Å²) in [6.07, 6.45) is 0. The minimum Gasteiger partial charge on any atom is -0.493 e. The van der Waals surface area contributed by atoms with E-state index in [0.717, 1.165) is 0 Å². The second-order valence-corrected chi connectivity index (χ2v) is 2.77. The first-order valence-corrected chi connectivity index (χ1v) is 4.42. The van der Waals surface area contributed by atoms with Crippen molar-refractivity contribution >= 4 is 11.7 Å². The first kappa shape index (κ1) is 11.2. The summed E-state index contributed by atoms with van der Waals surface area (Å²) in [5.41, 5.74) is 0.645. The number of urea groups is 1. The molecule has 2 N–H and O–H groups in total. The van der Waals surface area contributed by atoms with Crippen molar-refractivity contribution in [3.63, 3.8) is 0 Å². The summed E-state index contributed by atoms with van der Waals surface area (Å²) in [7, 11) is 4.65. The predicted octanol–water partition coefficient (Wildman–Crippen LogP) is 1.46. The Bertz CT molecular complexity index is 353. The normalized spacial score (nSPS) is 9.27. The zero-order chi connectivity index (χ0) is 11.3. The molecule has 82 valence electrons. The van der Waals surface area contributed by atoms with Crippen LogP contribution in [0.15, 0.2) is 18.2 Å². The first-order valence-electron chi connectivity index (χ1n) is 4.42. The summed E-state index contributed by atoms with van der Waals surface area (Å²) in [5.74, 6) is 1.20. The maximum absolute atomic E-state index is 11.0. The van der Waals surface area contributed by atoms with Gasteiger partial charge in [-0.1, -0.05) is 0 Å². The van der Waals surface area contributed by atoms with E-state index in [2.05, 4.69) is 10.6 Å². The van der Waals surface area contributed by atoms with Gasteiger partial charge >= 0.3 is 6.03 Å². The van der Waals surface area contributed by atoms with Gasteiger partial charge in [-0.05, 0) is 12.1 Å². The molecule has 5 heteroatoms. The number of amides is 2. The third-order valence-corrected chi connectivity index (χ3v) is 1.87. The maximum Gasteiger partial charge on any atom is 0.318 e. The number of carbonyl (C=O) groups excluding carboxylic acids is 1. The van der Waals surface area contributed by atoms with Crippen molar-refractivity contribution in [1.82, 2.24) is 5.32 Å². The number of hydrogen-bond donors (Lipinski definition) is 2. The number of anilines is 1. The zero-order valence-corrected chi connectivity index (χ0v) is 8.96. The van der Waals surface area contributed by atoms with E-state index in [1.165, 1.54) is 0 Å². The van der Waals surface area contributed by atoms with E-state index in [9.17, 15) is 4.79 Å². The number of ether oxygens (including phenoxy) is 2. The lowest BCUT2D eigenvalue weighted by Gasteiger charge is -2.10. The highest BCUT2D eigenvalue weighted by Crippen LogP contribution is 2.29. The Morgan fingerprint density at radius 1 is 1.20 bits per heavy atom. The molecule has 0 unspecified atom stereocenters. The minimum absolute atomic E-state index is 0.276. The molecule has 0 aliphatic rings. The third-order valence-electron chi connectivity index (χ3n) is 1.87. The summed E-state index contributed by atoms with van der Waals surface area (Å²) in [6, 6.07) is 4.87. The number of carbonyl (C=O) groups is 1. The molecule has 2 amide bonds. The smallest absolute Gasteiger partial charge is 0.318 e. The van der Waals surface area contributed by atoms with Crippen molar-refractivity contribution in [2.75, 3.05) is 26.6 Å². The Balaban J connectivity index is 2.88. The summed E-state index contributed by atoms with van der Waals surface area (Å²) in [5, 5.41) is 5.09. The van der Waals surface area contributed by atoms with Gasteiger partial charge in [-0.15, -0.1) is 0 Å². The standard InChI is InChI=1S/C10H14N2O3/c1-11-10(13)12-7-4-5-8(14-2)9(6-7)15-3/h4-6H,1-3H3,(H2,11,12,13). The van der Waals surface area contributed by atoms with E-state index in [1.807, 2.05) is 0 Å². The Hall–Kier alpha value is -1.91. The molecule has 1 aromatic carbocycles. The van der Waals surface area contributed by atoms with Crippen molar-refractivity contribution in [3.8, 4) is 11.5 Å². The van der Waals surface area contributed by atoms with Gasteiger partial charge in [-0.3, -0.25) is 0 Å². The van der Waals surface area contributed by atoms with E-state index in [-0.39, 0.29) is 6.03 Å².